The molecule has 29 heavy (non-hydrogen) atoms. The lowest BCUT2D eigenvalue weighted by atomic mass is 10.2. The molecule has 0 bridgehead atoms. The summed E-state index contributed by atoms with van der Waals surface area (Å²) < 4.78 is 6.42. The van der Waals surface area contributed by atoms with Gasteiger partial charge in [0.2, 0.25) is 5.91 Å². The summed E-state index contributed by atoms with van der Waals surface area (Å²) in [5.74, 6) is 1.13. The number of hydrogen-bond donors (Lipinski definition) is 0. The topological polar surface area (TPSA) is 45.7 Å². The maximum Gasteiger partial charge on any atom is 0.223 e. The number of nitrogens with zero attached hydrogens (tertiary/aromatic N) is 3. The molecule has 1 aliphatic heterocycles. The summed E-state index contributed by atoms with van der Waals surface area (Å²) >= 11 is 1.70. The molecule has 1 aromatic heterocycles. The summed E-state index contributed by atoms with van der Waals surface area (Å²) in [7, 11) is 1.69. The number of rotatable bonds is 6. The Morgan fingerprint density at radius 2 is 1.90 bits per heavy atom. The van der Waals surface area contributed by atoms with Gasteiger partial charge in [-0.25, -0.2) is 4.98 Å². The first kappa shape index (κ1) is 19.9. The van der Waals surface area contributed by atoms with Gasteiger partial charge < -0.3 is 9.64 Å². The van der Waals surface area contributed by atoms with Crippen molar-refractivity contribution in [3.8, 4) is 5.75 Å². The standard InChI is InChI=1S/C23H27N3O2S/c1-28-19-9-7-18(8-10-19)17-25-13-4-14-26(16-15-25)23(27)12-11-22-24-20-5-2-3-6-21(20)29-22/h2-3,5-10H,4,11-17H2,1H3. The molecule has 0 radical (unpaired) electrons. The number of carbonyl (C=O) groups excluding carboxylic acids is 1. The van der Waals surface area contributed by atoms with Crippen molar-refractivity contribution in [2.75, 3.05) is 33.3 Å². The zero-order valence-corrected chi connectivity index (χ0v) is 17.7. The molecule has 5 nitrogen and oxygen atoms in total. The van der Waals surface area contributed by atoms with Crippen molar-refractivity contribution in [1.29, 1.82) is 0 Å². The molecule has 0 aliphatic carbocycles. The van der Waals surface area contributed by atoms with Gasteiger partial charge in [-0.2, -0.15) is 0 Å². The second-order valence-electron chi connectivity index (χ2n) is 7.43. The average molecular weight is 410 g/mol. The average Bonchev–Trinajstić information content (AvgIpc) is 3.03. The molecule has 1 aliphatic rings. The fraction of sp³-hybridized carbons (Fsp3) is 0.391. The summed E-state index contributed by atoms with van der Waals surface area (Å²) in [5.41, 5.74) is 2.31. The third-order valence-electron chi connectivity index (χ3n) is 5.40. The van der Waals surface area contributed by atoms with Crippen LogP contribution in [0.2, 0.25) is 0 Å². The van der Waals surface area contributed by atoms with Gasteiger partial charge in [-0.15, -0.1) is 11.3 Å². The van der Waals surface area contributed by atoms with Gasteiger partial charge in [-0.3, -0.25) is 9.69 Å². The Morgan fingerprint density at radius 1 is 1.07 bits per heavy atom. The first-order chi connectivity index (χ1) is 14.2. The van der Waals surface area contributed by atoms with E-state index in [1.165, 1.54) is 10.3 Å². The monoisotopic (exact) mass is 409 g/mol. The Balaban J connectivity index is 1.27. The summed E-state index contributed by atoms with van der Waals surface area (Å²) in [6.07, 6.45) is 2.28. The summed E-state index contributed by atoms with van der Waals surface area (Å²) in [6.45, 7) is 4.50. The fourth-order valence-electron chi connectivity index (χ4n) is 3.77. The minimum Gasteiger partial charge on any atom is -0.497 e. The lowest BCUT2D eigenvalue weighted by Gasteiger charge is -2.22. The SMILES string of the molecule is COc1ccc(CN2CCCN(C(=O)CCc3nc4ccccc4s3)CC2)cc1. The van der Waals surface area contributed by atoms with Crippen LogP contribution in [0.5, 0.6) is 5.75 Å². The molecule has 0 N–H and O–H groups in total. The van der Waals surface area contributed by atoms with Gasteiger partial charge in [0.15, 0.2) is 0 Å². The summed E-state index contributed by atoms with van der Waals surface area (Å²) in [4.78, 5) is 21.9. The summed E-state index contributed by atoms with van der Waals surface area (Å²) in [6, 6.07) is 16.4. The lowest BCUT2D eigenvalue weighted by molar-refractivity contribution is -0.131. The van der Waals surface area contributed by atoms with Crippen LogP contribution in [0, 0.1) is 0 Å². The quantitative estimate of drug-likeness (QED) is 0.618. The zero-order valence-electron chi connectivity index (χ0n) is 16.8. The molecular formula is C23H27N3O2S. The second-order valence-corrected chi connectivity index (χ2v) is 8.55. The van der Waals surface area contributed by atoms with E-state index in [2.05, 4.69) is 28.1 Å². The number of para-hydroxylation sites is 1. The highest BCUT2D eigenvalue weighted by atomic mass is 32.1. The van der Waals surface area contributed by atoms with E-state index in [-0.39, 0.29) is 5.91 Å². The number of benzene rings is 2. The molecule has 0 unspecified atom stereocenters. The third-order valence-corrected chi connectivity index (χ3v) is 6.49. The highest BCUT2D eigenvalue weighted by Crippen LogP contribution is 2.23. The molecule has 3 aromatic rings. The smallest absolute Gasteiger partial charge is 0.223 e. The van der Waals surface area contributed by atoms with Gasteiger partial charge in [-0.05, 0) is 36.2 Å². The van der Waals surface area contributed by atoms with Crippen LogP contribution < -0.4 is 4.74 Å². The minimum absolute atomic E-state index is 0.246. The van der Waals surface area contributed by atoms with E-state index in [1.807, 2.05) is 35.2 Å². The van der Waals surface area contributed by atoms with E-state index in [0.29, 0.717) is 6.42 Å². The van der Waals surface area contributed by atoms with Gasteiger partial charge in [0.25, 0.3) is 0 Å². The van der Waals surface area contributed by atoms with Gasteiger partial charge in [0.05, 0.1) is 22.3 Å². The minimum atomic E-state index is 0.246. The van der Waals surface area contributed by atoms with Gasteiger partial charge >= 0.3 is 0 Å². The van der Waals surface area contributed by atoms with Crippen LogP contribution in [0.15, 0.2) is 48.5 Å². The third kappa shape index (κ3) is 5.14. The van der Waals surface area contributed by atoms with Gasteiger partial charge in [0.1, 0.15) is 5.75 Å². The predicted molar refractivity (Wildman–Crippen MR) is 117 cm³/mol. The molecule has 6 heteroatoms. The van der Waals surface area contributed by atoms with Crippen molar-refractivity contribution in [2.24, 2.45) is 0 Å². The Hall–Kier alpha value is -2.44. The Kier molecular flexibility index (Phi) is 6.42. The molecule has 2 aromatic carbocycles. The van der Waals surface area contributed by atoms with E-state index in [4.69, 9.17) is 4.74 Å². The first-order valence-corrected chi connectivity index (χ1v) is 11.0. The van der Waals surface area contributed by atoms with Crippen LogP contribution in [0.4, 0.5) is 0 Å². The number of carbonyl (C=O) groups is 1. The Morgan fingerprint density at radius 3 is 2.69 bits per heavy atom. The van der Waals surface area contributed by atoms with Crippen LogP contribution in [0.25, 0.3) is 10.2 Å². The fourth-order valence-corrected chi connectivity index (χ4v) is 4.73. The Bertz CT molecular complexity index is 921. The maximum atomic E-state index is 12.7. The van der Waals surface area contributed by atoms with Crippen molar-refractivity contribution in [1.82, 2.24) is 14.8 Å². The number of hydrogen-bond acceptors (Lipinski definition) is 5. The largest absolute Gasteiger partial charge is 0.497 e. The number of amides is 1. The van der Waals surface area contributed by atoms with Crippen molar-refractivity contribution in [2.45, 2.75) is 25.8 Å². The summed E-state index contributed by atoms with van der Waals surface area (Å²) in [5, 5.41) is 1.05. The van der Waals surface area contributed by atoms with Crippen LogP contribution >= 0.6 is 11.3 Å². The van der Waals surface area contributed by atoms with Crippen LogP contribution in [0.3, 0.4) is 0 Å². The van der Waals surface area contributed by atoms with Crippen molar-refractivity contribution >= 4 is 27.5 Å². The molecule has 0 spiro atoms. The number of thiazole rings is 1. The molecule has 4 rings (SSSR count). The lowest BCUT2D eigenvalue weighted by Crippen LogP contribution is -2.35. The van der Waals surface area contributed by atoms with E-state index < -0.39 is 0 Å². The number of aryl methyl sites for hydroxylation is 1. The zero-order chi connectivity index (χ0) is 20.1. The number of methoxy groups -OCH3 is 1. The molecular weight excluding hydrogens is 382 g/mol. The molecule has 1 amide bonds. The van der Waals surface area contributed by atoms with Crippen LogP contribution in [-0.4, -0.2) is 54.0 Å². The second kappa shape index (κ2) is 9.37. The highest BCUT2D eigenvalue weighted by molar-refractivity contribution is 7.18. The number of aromatic nitrogens is 1. The highest BCUT2D eigenvalue weighted by Gasteiger charge is 2.19. The van der Waals surface area contributed by atoms with E-state index in [1.54, 1.807) is 18.4 Å². The first-order valence-electron chi connectivity index (χ1n) is 10.2. The normalized spacial score (nSPS) is 15.4. The van der Waals surface area contributed by atoms with E-state index in [9.17, 15) is 4.79 Å². The molecule has 0 saturated carbocycles. The molecule has 2 heterocycles. The number of fused-ring (bicyclic) bond motifs is 1. The van der Waals surface area contributed by atoms with Gasteiger partial charge in [-0.1, -0.05) is 24.3 Å². The van der Waals surface area contributed by atoms with E-state index >= 15 is 0 Å². The molecule has 0 atom stereocenters. The Labute approximate surface area is 175 Å². The van der Waals surface area contributed by atoms with Crippen molar-refractivity contribution in [3.05, 3.63) is 59.1 Å². The van der Waals surface area contributed by atoms with Crippen LogP contribution in [-0.2, 0) is 17.8 Å². The molecule has 152 valence electrons. The van der Waals surface area contributed by atoms with Crippen molar-refractivity contribution in [3.63, 3.8) is 0 Å². The van der Waals surface area contributed by atoms with Crippen LogP contribution in [0.1, 0.15) is 23.4 Å². The van der Waals surface area contributed by atoms with Gasteiger partial charge in [0, 0.05) is 45.6 Å². The number of ether oxygens (including phenoxy) is 1. The predicted octanol–water partition coefficient (Wildman–Crippen LogP) is 3.97. The maximum absolute atomic E-state index is 12.7. The molecule has 1 fully saturated rings. The molecule has 1 saturated heterocycles. The van der Waals surface area contributed by atoms with E-state index in [0.717, 1.165) is 61.8 Å². The van der Waals surface area contributed by atoms with Crippen molar-refractivity contribution < 1.29 is 9.53 Å².